The Hall–Kier alpha value is -0.980. The molecule has 0 aliphatic heterocycles. The van der Waals surface area contributed by atoms with Crippen molar-refractivity contribution in [3.63, 3.8) is 0 Å². The fourth-order valence-electron chi connectivity index (χ4n) is 2.86. The van der Waals surface area contributed by atoms with E-state index in [1.807, 2.05) is 12.1 Å². The van der Waals surface area contributed by atoms with Crippen LogP contribution >= 0.6 is 23.2 Å². The van der Waals surface area contributed by atoms with Crippen LogP contribution in [0.2, 0.25) is 10.0 Å². The zero-order chi connectivity index (χ0) is 16.1. The lowest BCUT2D eigenvalue weighted by Crippen LogP contribution is -2.06. The minimum atomic E-state index is 0.549. The number of halogens is 2. The molecule has 2 heteroatoms. The maximum absolute atomic E-state index is 6.60. The molecule has 22 heavy (non-hydrogen) atoms. The summed E-state index contributed by atoms with van der Waals surface area (Å²) in [7, 11) is 0. The molecule has 0 saturated heterocycles. The number of benzene rings is 2. The van der Waals surface area contributed by atoms with Crippen molar-refractivity contribution in [1.29, 1.82) is 0 Å². The molecule has 0 aliphatic carbocycles. The summed E-state index contributed by atoms with van der Waals surface area (Å²) in [6, 6.07) is 14.6. The minimum absolute atomic E-state index is 0.549. The van der Waals surface area contributed by atoms with Gasteiger partial charge in [0.2, 0.25) is 0 Å². The maximum atomic E-state index is 6.60. The summed E-state index contributed by atoms with van der Waals surface area (Å²) in [5.41, 5.74) is 3.86. The van der Waals surface area contributed by atoms with Crippen molar-refractivity contribution in [2.24, 2.45) is 11.8 Å². The summed E-state index contributed by atoms with van der Waals surface area (Å²) >= 11 is 12.5. The molecule has 0 aromatic heterocycles. The van der Waals surface area contributed by atoms with Crippen LogP contribution in [0.1, 0.15) is 37.5 Å². The van der Waals surface area contributed by atoms with E-state index >= 15 is 0 Å². The lowest BCUT2D eigenvalue weighted by atomic mass is 9.92. The van der Waals surface area contributed by atoms with Crippen molar-refractivity contribution in [2.45, 2.75) is 40.0 Å². The van der Waals surface area contributed by atoms with Crippen LogP contribution in [0.5, 0.6) is 0 Å². The third kappa shape index (κ3) is 5.04. The second kappa shape index (κ2) is 8.04. The smallest absolute Gasteiger partial charge is 0.0470 e. The van der Waals surface area contributed by atoms with Crippen LogP contribution in [0.4, 0.5) is 0 Å². The summed E-state index contributed by atoms with van der Waals surface area (Å²) in [5, 5.41) is 1.75. The molecule has 1 unspecified atom stereocenters. The average Bonchev–Trinajstić information content (AvgIpc) is 2.45. The molecule has 0 amide bonds. The molecule has 0 saturated carbocycles. The summed E-state index contributed by atoms with van der Waals surface area (Å²) < 4.78 is 0. The molecule has 2 aromatic rings. The fraction of sp³-hybridized carbons (Fsp3) is 0.400. The molecule has 2 aromatic carbocycles. The molecule has 0 bridgehead atoms. The second-order valence-corrected chi connectivity index (χ2v) is 7.44. The van der Waals surface area contributed by atoms with Gasteiger partial charge in [-0.3, -0.25) is 0 Å². The van der Waals surface area contributed by atoms with Gasteiger partial charge in [-0.2, -0.15) is 0 Å². The monoisotopic (exact) mass is 334 g/mol. The van der Waals surface area contributed by atoms with E-state index in [-0.39, 0.29) is 0 Å². The van der Waals surface area contributed by atoms with E-state index in [1.54, 1.807) is 0 Å². The number of rotatable bonds is 6. The summed E-state index contributed by atoms with van der Waals surface area (Å²) in [4.78, 5) is 0. The minimum Gasteiger partial charge on any atom is -0.0843 e. The highest BCUT2D eigenvalue weighted by Gasteiger charge is 2.11. The quantitative estimate of drug-likeness (QED) is 0.557. The van der Waals surface area contributed by atoms with Gasteiger partial charge in [-0.15, -0.1) is 0 Å². The predicted octanol–water partition coefficient (Wildman–Crippen LogP) is 6.61. The molecule has 0 nitrogen and oxygen atoms in total. The van der Waals surface area contributed by atoms with Gasteiger partial charge in [0.15, 0.2) is 0 Å². The molecular weight excluding hydrogens is 311 g/mol. The Bertz CT molecular complexity index is 600. The molecule has 2 rings (SSSR count). The summed E-state index contributed by atoms with van der Waals surface area (Å²) in [5.74, 6) is 1.17. The van der Waals surface area contributed by atoms with Crippen molar-refractivity contribution in [3.8, 4) is 0 Å². The Morgan fingerprint density at radius 2 is 1.36 bits per heavy atom. The molecule has 0 spiro atoms. The maximum Gasteiger partial charge on any atom is 0.0470 e. The SMILES string of the molecule is CC(C)Cc1cccc(CC(C)Cc2ccc(Cl)cc2)c1Cl. The molecule has 0 heterocycles. The van der Waals surface area contributed by atoms with Gasteiger partial charge in [0.05, 0.1) is 0 Å². The van der Waals surface area contributed by atoms with E-state index < -0.39 is 0 Å². The Labute approximate surface area is 144 Å². The first-order valence-corrected chi connectivity index (χ1v) is 8.72. The van der Waals surface area contributed by atoms with Gasteiger partial charge in [-0.05, 0) is 59.9 Å². The van der Waals surface area contributed by atoms with Crippen LogP contribution < -0.4 is 0 Å². The highest BCUT2D eigenvalue weighted by Crippen LogP contribution is 2.26. The van der Waals surface area contributed by atoms with E-state index in [4.69, 9.17) is 23.2 Å². The van der Waals surface area contributed by atoms with Crippen LogP contribution in [-0.2, 0) is 19.3 Å². The van der Waals surface area contributed by atoms with Gasteiger partial charge in [0.1, 0.15) is 0 Å². The summed E-state index contributed by atoms with van der Waals surface area (Å²) in [6.07, 6.45) is 3.09. The lowest BCUT2D eigenvalue weighted by Gasteiger charge is -2.15. The largest absolute Gasteiger partial charge is 0.0843 e. The molecule has 0 N–H and O–H groups in total. The van der Waals surface area contributed by atoms with Crippen LogP contribution in [0, 0.1) is 11.8 Å². The standard InChI is InChI=1S/C20H24Cl2/c1-14(2)11-17-5-4-6-18(20(17)22)13-15(3)12-16-7-9-19(21)10-8-16/h4-10,14-15H,11-13H2,1-3H3. The average molecular weight is 335 g/mol. The van der Waals surface area contributed by atoms with Crippen molar-refractivity contribution in [1.82, 2.24) is 0 Å². The van der Waals surface area contributed by atoms with Crippen LogP contribution in [0.25, 0.3) is 0 Å². The third-order valence-corrected chi connectivity index (χ3v) is 4.59. The Balaban J connectivity index is 2.04. The van der Waals surface area contributed by atoms with Gasteiger partial charge < -0.3 is 0 Å². The van der Waals surface area contributed by atoms with Gasteiger partial charge in [0.25, 0.3) is 0 Å². The topological polar surface area (TPSA) is 0 Å². The molecule has 0 radical (unpaired) electrons. The van der Waals surface area contributed by atoms with Gasteiger partial charge in [-0.1, -0.05) is 74.3 Å². The predicted molar refractivity (Wildman–Crippen MR) is 98.0 cm³/mol. The fourth-order valence-corrected chi connectivity index (χ4v) is 3.26. The van der Waals surface area contributed by atoms with Crippen molar-refractivity contribution < 1.29 is 0 Å². The lowest BCUT2D eigenvalue weighted by molar-refractivity contribution is 0.576. The van der Waals surface area contributed by atoms with Gasteiger partial charge in [-0.25, -0.2) is 0 Å². The first kappa shape index (κ1) is 17.4. The van der Waals surface area contributed by atoms with E-state index in [2.05, 4.69) is 51.1 Å². The van der Waals surface area contributed by atoms with E-state index in [1.165, 1.54) is 16.7 Å². The highest BCUT2D eigenvalue weighted by atomic mass is 35.5. The zero-order valence-electron chi connectivity index (χ0n) is 13.6. The van der Waals surface area contributed by atoms with Gasteiger partial charge in [0, 0.05) is 10.0 Å². The normalized spacial score (nSPS) is 12.6. The highest BCUT2D eigenvalue weighted by molar-refractivity contribution is 6.32. The Morgan fingerprint density at radius 1 is 0.773 bits per heavy atom. The zero-order valence-corrected chi connectivity index (χ0v) is 15.1. The second-order valence-electron chi connectivity index (χ2n) is 6.63. The molecule has 0 aliphatic rings. The Kier molecular flexibility index (Phi) is 6.35. The van der Waals surface area contributed by atoms with Crippen molar-refractivity contribution in [2.75, 3.05) is 0 Å². The molecule has 118 valence electrons. The van der Waals surface area contributed by atoms with Crippen LogP contribution in [-0.4, -0.2) is 0 Å². The summed E-state index contributed by atoms with van der Waals surface area (Å²) in [6.45, 7) is 6.73. The van der Waals surface area contributed by atoms with Crippen LogP contribution in [0.15, 0.2) is 42.5 Å². The molecule has 1 atom stereocenters. The molecular formula is C20H24Cl2. The first-order valence-electron chi connectivity index (χ1n) is 7.96. The number of hydrogen-bond donors (Lipinski definition) is 0. The first-order chi connectivity index (χ1) is 10.5. The Morgan fingerprint density at radius 3 is 1.95 bits per heavy atom. The van der Waals surface area contributed by atoms with E-state index in [0.717, 1.165) is 29.3 Å². The third-order valence-electron chi connectivity index (χ3n) is 3.85. The van der Waals surface area contributed by atoms with Crippen molar-refractivity contribution in [3.05, 3.63) is 69.2 Å². The van der Waals surface area contributed by atoms with Gasteiger partial charge >= 0.3 is 0 Å². The molecule has 0 fully saturated rings. The van der Waals surface area contributed by atoms with Crippen molar-refractivity contribution >= 4 is 23.2 Å². The van der Waals surface area contributed by atoms with Crippen LogP contribution in [0.3, 0.4) is 0 Å². The van der Waals surface area contributed by atoms with E-state index in [9.17, 15) is 0 Å². The number of hydrogen-bond acceptors (Lipinski definition) is 0. The van der Waals surface area contributed by atoms with E-state index in [0.29, 0.717) is 11.8 Å².